The highest BCUT2D eigenvalue weighted by Gasteiger charge is 2.18. The second kappa shape index (κ2) is 9.56. The van der Waals surface area contributed by atoms with Gasteiger partial charge < -0.3 is 20.3 Å². The summed E-state index contributed by atoms with van der Waals surface area (Å²) in [5.74, 6) is 1.72. The Balaban J connectivity index is 1.99. The van der Waals surface area contributed by atoms with E-state index < -0.39 is 0 Å². The van der Waals surface area contributed by atoms with Crippen LogP contribution in [0.15, 0.2) is 35.4 Å². The average Bonchev–Trinajstić information content (AvgIpc) is 3.14. The van der Waals surface area contributed by atoms with Gasteiger partial charge in [-0.1, -0.05) is 19.9 Å². The van der Waals surface area contributed by atoms with Crippen molar-refractivity contribution in [3.05, 3.63) is 52.1 Å². The minimum Gasteiger partial charge on any atom is -0.396 e. The summed E-state index contributed by atoms with van der Waals surface area (Å²) in [5, 5.41) is 17.4. The molecule has 29 heavy (non-hydrogen) atoms. The van der Waals surface area contributed by atoms with Crippen LogP contribution in [0.2, 0.25) is 0 Å². The highest BCUT2D eigenvalue weighted by atomic mass is 16.3. The third-order valence-electron chi connectivity index (χ3n) is 5.07. The molecule has 0 aromatic carbocycles. The number of hydrogen-bond acceptors (Lipinski definition) is 6. The van der Waals surface area contributed by atoms with Crippen molar-refractivity contribution in [1.82, 2.24) is 19.6 Å². The van der Waals surface area contributed by atoms with E-state index in [9.17, 15) is 9.90 Å². The van der Waals surface area contributed by atoms with E-state index in [2.05, 4.69) is 41.1 Å². The van der Waals surface area contributed by atoms with Crippen molar-refractivity contribution in [2.75, 3.05) is 23.4 Å². The molecular formula is C21H30N6O2. The summed E-state index contributed by atoms with van der Waals surface area (Å²) in [5.41, 5.74) is 2.78. The first-order chi connectivity index (χ1) is 14.1. The normalized spacial score (nSPS) is 12.3. The topological polar surface area (TPSA) is 98.6 Å². The zero-order valence-electron chi connectivity index (χ0n) is 17.4. The van der Waals surface area contributed by atoms with Crippen molar-refractivity contribution >= 4 is 17.3 Å². The Bertz CT molecular complexity index is 976. The number of rotatable bonds is 10. The molecule has 0 fully saturated rings. The minimum atomic E-state index is -0.116. The van der Waals surface area contributed by atoms with E-state index in [0.717, 1.165) is 47.8 Å². The van der Waals surface area contributed by atoms with E-state index >= 15 is 0 Å². The largest absolute Gasteiger partial charge is 0.396 e. The molecule has 0 aliphatic carbocycles. The quantitative estimate of drug-likeness (QED) is 0.486. The summed E-state index contributed by atoms with van der Waals surface area (Å²) in [6.07, 6.45) is 6.09. The van der Waals surface area contributed by atoms with E-state index in [1.807, 2.05) is 16.8 Å². The van der Waals surface area contributed by atoms with Gasteiger partial charge in [0.2, 0.25) is 5.56 Å². The standard InChI is InChI=1S/C21H30N6O2/c1-4-9-26(15(3)8-10-28)19-11-18(22-12-16-6-7-20(29)23-13-16)27-21(25-19)17(5-2)14-24-27/h6-7,11,13-15,22,28H,4-5,8-10,12H2,1-3H3,(H,23,29). The number of H-pyrrole nitrogens is 1. The Labute approximate surface area is 170 Å². The molecule has 3 aromatic heterocycles. The first-order valence-electron chi connectivity index (χ1n) is 10.2. The summed E-state index contributed by atoms with van der Waals surface area (Å²) in [6, 6.07) is 5.51. The molecule has 3 heterocycles. The molecule has 0 radical (unpaired) electrons. The Morgan fingerprint density at radius 2 is 2.17 bits per heavy atom. The van der Waals surface area contributed by atoms with Crippen LogP contribution in [0.1, 0.15) is 44.7 Å². The van der Waals surface area contributed by atoms with Crippen LogP contribution in [-0.4, -0.2) is 43.9 Å². The lowest BCUT2D eigenvalue weighted by atomic mass is 10.2. The highest BCUT2D eigenvalue weighted by Crippen LogP contribution is 2.24. The summed E-state index contributed by atoms with van der Waals surface area (Å²) in [4.78, 5) is 21.1. The number of hydrogen-bond donors (Lipinski definition) is 3. The van der Waals surface area contributed by atoms with Crippen molar-refractivity contribution in [2.24, 2.45) is 0 Å². The molecule has 0 bridgehead atoms. The van der Waals surface area contributed by atoms with Gasteiger partial charge in [0.15, 0.2) is 5.65 Å². The van der Waals surface area contributed by atoms with Crippen LogP contribution in [0.25, 0.3) is 5.65 Å². The van der Waals surface area contributed by atoms with E-state index in [-0.39, 0.29) is 18.2 Å². The van der Waals surface area contributed by atoms with Crippen molar-refractivity contribution in [3.63, 3.8) is 0 Å². The van der Waals surface area contributed by atoms with Gasteiger partial charge in [0.1, 0.15) is 11.6 Å². The number of aromatic amines is 1. The minimum absolute atomic E-state index is 0.116. The predicted molar refractivity (Wildman–Crippen MR) is 116 cm³/mol. The Hall–Kier alpha value is -2.87. The predicted octanol–water partition coefficient (Wildman–Crippen LogP) is 2.58. The van der Waals surface area contributed by atoms with Crippen LogP contribution in [0, 0.1) is 0 Å². The number of fused-ring (bicyclic) bond motifs is 1. The lowest BCUT2D eigenvalue weighted by Gasteiger charge is -2.30. The van der Waals surface area contributed by atoms with Gasteiger partial charge in [-0.25, -0.2) is 4.98 Å². The fraction of sp³-hybridized carbons (Fsp3) is 0.476. The number of aliphatic hydroxyl groups is 1. The van der Waals surface area contributed by atoms with Gasteiger partial charge >= 0.3 is 0 Å². The fourth-order valence-corrected chi connectivity index (χ4v) is 3.41. The zero-order chi connectivity index (χ0) is 20.8. The number of aromatic nitrogens is 4. The van der Waals surface area contributed by atoms with Gasteiger partial charge in [0.25, 0.3) is 0 Å². The summed E-state index contributed by atoms with van der Waals surface area (Å²) in [7, 11) is 0. The summed E-state index contributed by atoms with van der Waals surface area (Å²) < 4.78 is 1.83. The Morgan fingerprint density at radius 1 is 1.34 bits per heavy atom. The number of aryl methyl sites for hydroxylation is 1. The van der Waals surface area contributed by atoms with Gasteiger partial charge in [0.05, 0.1) is 6.20 Å². The molecule has 1 unspecified atom stereocenters. The van der Waals surface area contributed by atoms with Crippen molar-refractivity contribution in [1.29, 1.82) is 0 Å². The molecule has 0 amide bonds. The number of nitrogens with one attached hydrogen (secondary N) is 2. The second-order valence-corrected chi connectivity index (χ2v) is 7.23. The molecule has 0 saturated heterocycles. The number of nitrogens with zero attached hydrogens (tertiary/aromatic N) is 4. The van der Waals surface area contributed by atoms with Gasteiger partial charge in [-0.15, -0.1) is 0 Å². The molecule has 8 heteroatoms. The van der Waals surface area contributed by atoms with Crippen LogP contribution in [0.4, 0.5) is 11.6 Å². The molecule has 0 spiro atoms. The summed E-state index contributed by atoms with van der Waals surface area (Å²) >= 11 is 0. The molecule has 0 saturated carbocycles. The average molecular weight is 399 g/mol. The summed E-state index contributed by atoms with van der Waals surface area (Å²) in [6.45, 7) is 7.91. The van der Waals surface area contributed by atoms with Gasteiger partial charge in [-0.2, -0.15) is 9.61 Å². The zero-order valence-corrected chi connectivity index (χ0v) is 17.4. The van der Waals surface area contributed by atoms with E-state index in [0.29, 0.717) is 13.0 Å². The van der Waals surface area contributed by atoms with Gasteiger partial charge in [-0.3, -0.25) is 4.79 Å². The van der Waals surface area contributed by atoms with Crippen LogP contribution in [0.3, 0.4) is 0 Å². The molecule has 156 valence electrons. The van der Waals surface area contributed by atoms with E-state index in [1.54, 1.807) is 12.3 Å². The lowest BCUT2D eigenvalue weighted by Crippen LogP contribution is -2.35. The first-order valence-corrected chi connectivity index (χ1v) is 10.2. The molecule has 3 N–H and O–H groups in total. The monoisotopic (exact) mass is 398 g/mol. The van der Waals surface area contributed by atoms with Crippen molar-refractivity contribution in [2.45, 2.75) is 52.6 Å². The van der Waals surface area contributed by atoms with Crippen LogP contribution < -0.4 is 15.8 Å². The number of aliphatic hydroxyl groups excluding tert-OH is 1. The molecule has 8 nitrogen and oxygen atoms in total. The van der Waals surface area contributed by atoms with Gasteiger partial charge in [-0.05, 0) is 31.7 Å². The second-order valence-electron chi connectivity index (χ2n) is 7.23. The first kappa shape index (κ1) is 20.9. The van der Waals surface area contributed by atoms with Crippen LogP contribution in [-0.2, 0) is 13.0 Å². The smallest absolute Gasteiger partial charge is 0.247 e. The Kier molecular flexibility index (Phi) is 6.87. The maximum Gasteiger partial charge on any atom is 0.247 e. The number of pyridine rings is 1. The molecular weight excluding hydrogens is 368 g/mol. The van der Waals surface area contributed by atoms with E-state index in [4.69, 9.17) is 4.98 Å². The molecule has 1 atom stereocenters. The highest BCUT2D eigenvalue weighted by molar-refractivity contribution is 5.61. The molecule has 0 aliphatic rings. The number of anilines is 2. The molecule has 3 aromatic rings. The maximum atomic E-state index is 11.3. The van der Waals surface area contributed by atoms with Gasteiger partial charge in [0, 0.05) is 49.6 Å². The fourth-order valence-electron chi connectivity index (χ4n) is 3.41. The molecule has 0 aliphatic heterocycles. The third-order valence-corrected chi connectivity index (χ3v) is 5.07. The SMILES string of the molecule is CCCN(c1cc(NCc2ccc(=O)[nH]c2)n2ncc(CC)c2n1)C(C)CCO. The van der Waals surface area contributed by atoms with Crippen molar-refractivity contribution in [3.8, 4) is 0 Å². The molecule has 3 rings (SSSR count). The van der Waals surface area contributed by atoms with E-state index in [1.165, 1.54) is 6.07 Å². The van der Waals surface area contributed by atoms with Crippen LogP contribution >= 0.6 is 0 Å². The Morgan fingerprint density at radius 3 is 2.83 bits per heavy atom. The van der Waals surface area contributed by atoms with Crippen molar-refractivity contribution < 1.29 is 5.11 Å². The maximum absolute atomic E-state index is 11.3. The van der Waals surface area contributed by atoms with Crippen LogP contribution in [0.5, 0.6) is 0 Å². The third kappa shape index (κ3) is 4.76. The lowest BCUT2D eigenvalue weighted by molar-refractivity contribution is 0.276.